The Labute approximate surface area is 185 Å². The van der Waals surface area contributed by atoms with E-state index in [1.165, 1.54) is 8.99 Å². The molecule has 0 atom stereocenters. The monoisotopic (exact) mass is 464 g/mol. The highest BCUT2D eigenvalue weighted by molar-refractivity contribution is 7.89. The minimum absolute atomic E-state index is 0.151. The van der Waals surface area contributed by atoms with Crippen molar-refractivity contribution in [3.8, 4) is 5.69 Å². The highest BCUT2D eigenvalue weighted by atomic mass is 35.5. The number of aromatic nitrogens is 2. The van der Waals surface area contributed by atoms with Gasteiger partial charge in [-0.1, -0.05) is 31.5 Å². The molecule has 1 aromatic heterocycles. The Hall–Kier alpha value is -2.75. The van der Waals surface area contributed by atoms with Crippen molar-refractivity contribution in [2.45, 2.75) is 25.7 Å². The molecule has 0 aliphatic rings. The van der Waals surface area contributed by atoms with Crippen LogP contribution in [0.25, 0.3) is 5.69 Å². The number of nitrogens with one attached hydrogen (secondary N) is 1. The van der Waals surface area contributed by atoms with Crippen LogP contribution in [0.4, 0.5) is 10.2 Å². The molecular weight excluding hydrogens is 443 g/mol. The second-order valence-corrected chi connectivity index (χ2v) is 9.12. The maximum Gasteiger partial charge on any atom is 0.259 e. The van der Waals surface area contributed by atoms with E-state index in [4.69, 9.17) is 11.6 Å². The van der Waals surface area contributed by atoms with Gasteiger partial charge in [-0.3, -0.25) is 4.79 Å². The minimum atomic E-state index is -3.84. The van der Waals surface area contributed by atoms with Gasteiger partial charge in [0.15, 0.2) is 0 Å². The second kappa shape index (κ2) is 9.17. The zero-order valence-electron chi connectivity index (χ0n) is 17.3. The van der Waals surface area contributed by atoms with Crippen molar-refractivity contribution in [2.75, 3.05) is 18.4 Å². The molecule has 1 heterocycles. The first kappa shape index (κ1) is 22.9. The van der Waals surface area contributed by atoms with E-state index < -0.39 is 21.7 Å². The highest BCUT2D eigenvalue weighted by Crippen LogP contribution is 2.23. The summed E-state index contributed by atoms with van der Waals surface area (Å²) in [7, 11) is -3.84. The molecule has 3 aromatic rings. The molecule has 0 fully saturated rings. The number of aryl methyl sites for hydroxylation is 1. The summed E-state index contributed by atoms with van der Waals surface area (Å²) in [5.41, 5.74) is 0.840. The lowest BCUT2D eigenvalue weighted by molar-refractivity contribution is 0.102. The lowest BCUT2D eigenvalue weighted by Crippen LogP contribution is -2.31. The molecule has 0 aliphatic heterocycles. The number of anilines is 1. The van der Waals surface area contributed by atoms with Gasteiger partial charge in [0, 0.05) is 24.2 Å². The summed E-state index contributed by atoms with van der Waals surface area (Å²) in [6.07, 6.45) is 0. The van der Waals surface area contributed by atoms with E-state index in [-0.39, 0.29) is 23.5 Å². The standard InChI is InChI=1S/C21H22ClFN4O3S/c1-4-26(5-2)31(29,30)17-9-10-19(23)18(13-17)21(28)24-20-11-14(3)25-27(20)16-8-6-7-15(22)12-16/h6-13H,4-5H2,1-3H3,(H,24,28). The van der Waals surface area contributed by atoms with E-state index in [2.05, 4.69) is 10.4 Å². The summed E-state index contributed by atoms with van der Waals surface area (Å²) in [6, 6.07) is 11.7. The fourth-order valence-electron chi connectivity index (χ4n) is 3.13. The lowest BCUT2D eigenvalue weighted by atomic mass is 10.2. The number of benzene rings is 2. The molecule has 31 heavy (non-hydrogen) atoms. The molecule has 0 radical (unpaired) electrons. The Bertz CT molecular complexity index is 1220. The van der Waals surface area contributed by atoms with Crippen LogP contribution < -0.4 is 5.32 Å². The van der Waals surface area contributed by atoms with Crippen molar-refractivity contribution < 1.29 is 17.6 Å². The van der Waals surface area contributed by atoms with Gasteiger partial charge in [-0.25, -0.2) is 17.5 Å². The molecule has 7 nitrogen and oxygen atoms in total. The van der Waals surface area contributed by atoms with Crippen LogP contribution in [0, 0.1) is 12.7 Å². The average Bonchev–Trinajstić information content (AvgIpc) is 3.08. The Morgan fingerprint density at radius 2 is 1.87 bits per heavy atom. The maximum atomic E-state index is 14.4. The fraction of sp³-hybridized carbons (Fsp3) is 0.238. The van der Waals surface area contributed by atoms with Crippen LogP contribution in [0.2, 0.25) is 5.02 Å². The van der Waals surface area contributed by atoms with E-state index in [1.54, 1.807) is 51.1 Å². The molecule has 1 N–H and O–H groups in total. The Kier molecular flexibility index (Phi) is 6.78. The number of amides is 1. The van der Waals surface area contributed by atoms with Crippen LogP contribution in [0.1, 0.15) is 29.9 Å². The summed E-state index contributed by atoms with van der Waals surface area (Å²) in [5.74, 6) is -1.33. The predicted octanol–water partition coefficient (Wildman–Crippen LogP) is 4.26. The summed E-state index contributed by atoms with van der Waals surface area (Å²) < 4.78 is 42.7. The Morgan fingerprint density at radius 1 is 1.16 bits per heavy atom. The van der Waals surface area contributed by atoms with Gasteiger partial charge in [-0.15, -0.1) is 0 Å². The largest absolute Gasteiger partial charge is 0.306 e. The maximum absolute atomic E-state index is 14.4. The normalized spacial score (nSPS) is 11.7. The lowest BCUT2D eigenvalue weighted by Gasteiger charge is -2.19. The van der Waals surface area contributed by atoms with Crippen LogP contribution in [0.15, 0.2) is 53.4 Å². The zero-order valence-corrected chi connectivity index (χ0v) is 18.8. The molecule has 2 aromatic carbocycles. The fourth-order valence-corrected chi connectivity index (χ4v) is 4.80. The van der Waals surface area contributed by atoms with E-state index in [9.17, 15) is 17.6 Å². The number of carbonyl (C=O) groups excluding carboxylic acids is 1. The molecule has 164 valence electrons. The van der Waals surface area contributed by atoms with Crippen LogP contribution >= 0.6 is 11.6 Å². The number of hydrogen-bond donors (Lipinski definition) is 1. The van der Waals surface area contributed by atoms with Gasteiger partial charge in [-0.2, -0.15) is 9.40 Å². The molecule has 10 heteroatoms. The number of nitrogens with zero attached hydrogens (tertiary/aromatic N) is 3. The number of sulfonamides is 1. The van der Waals surface area contributed by atoms with Gasteiger partial charge in [0.25, 0.3) is 5.91 Å². The molecule has 0 bridgehead atoms. The second-order valence-electron chi connectivity index (χ2n) is 6.75. The summed E-state index contributed by atoms with van der Waals surface area (Å²) in [4.78, 5) is 12.7. The minimum Gasteiger partial charge on any atom is -0.306 e. The SMILES string of the molecule is CCN(CC)S(=O)(=O)c1ccc(F)c(C(=O)Nc2cc(C)nn2-c2cccc(Cl)c2)c1. The molecule has 0 unspecified atom stereocenters. The number of carbonyl (C=O) groups is 1. The van der Waals surface area contributed by atoms with Crippen molar-refractivity contribution in [3.05, 3.63) is 70.6 Å². The third-order valence-corrected chi connectivity index (χ3v) is 6.93. The van der Waals surface area contributed by atoms with Gasteiger partial charge < -0.3 is 5.32 Å². The number of halogens is 2. The summed E-state index contributed by atoms with van der Waals surface area (Å²) in [6.45, 7) is 5.68. The van der Waals surface area contributed by atoms with E-state index in [0.717, 1.165) is 18.2 Å². The predicted molar refractivity (Wildman–Crippen MR) is 118 cm³/mol. The number of hydrogen-bond acceptors (Lipinski definition) is 4. The average molecular weight is 465 g/mol. The van der Waals surface area contributed by atoms with Gasteiger partial charge in [-0.05, 0) is 43.3 Å². The van der Waals surface area contributed by atoms with Gasteiger partial charge in [0.2, 0.25) is 10.0 Å². The zero-order chi connectivity index (χ0) is 22.8. The first-order valence-corrected chi connectivity index (χ1v) is 11.4. The van der Waals surface area contributed by atoms with Crippen LogP contribution in [0.3, 0.4) is 0 Å². The first-order valence-electron chi connectivity index (χ1n) is 9.61. The van der Waals surface area contributed by atoms with Gasteiger partial charge in [0.05, 0.1) is 21.8 Å². The van der Waals surface area contributed by atoms with Gasteiger partial charge >= 0.3 is 0 Å². The molecular formula is C21H22ClFN4O3S. The first-order chi connectivity index (χ1) is 14.7. The summed E-state index contributed by atoms with van der Waals surface area (Å²) >= 11 is 6.05. The van der Waals surface area contributed by atoms with E-state index in [1.807, 2.05) is 0 Å². The van der Waals surface area contributed by atoms with Crippen molar-refractivity contribution in [3.63, 3.8) is 0 Å². The van der Waals surface area contributed by atoms with Gasteiger partial charge in [0.1, 0.15) is 11.6 Å². The molecule has 3 rings (SSSR count). The van der Waals surface area contributed by atoms with Crippen molar-refractivity contribution in [1.29, 1.82) is 0 Å². The summed E-state index contributed by atoms with van der Waals surface area (Å²) in [5, 5.41) is 7.44. The van der Waals surface area contributed by atoms with Crippen LogP contribution in [0.5, 0.6) is 0 Å². The van der Waals surface area contributed by atoms with Crippen molar-refractivity contribution in [2.24, 2.45) is 0 Å². The third-order valence-electron chi connectivity index (χ3n) is 4.65. The third kappa shape index (κ3) is 4.79. The topological polar surface area (TPSA) is 84.3 Å². The number of rotatable bonds is 7. The molecule has 0 spiro atoms. The Balaban J connectivity index is 1.97. The molecule has 0 saturated carbocycles. The van der Waals surface area contributed by atoms with Crippen LogP contribution in [-0.2, 0) is 10.0 Å². The van der Waals surface area contributed by atoms with Crippen molar-refractivity contribution >= 4 is 33.3 Å². The Morgan fingerprint density at radius 3 is 2.52 bits per heavy atom. The molecule has 1 amide bonds. The quantitative estimate of drug-likeness (QED) is 0.566. The highest BCUT2D eigenvalue weighted by Gasteiger charge is 2.25. The van der Waals surface area contributed by atoms with E-state index >= 15 is 0 Å². The van der Waals surface area contributed by atoms with Crippen molar-refractivity contribution in [1.82, 2.24) is 14.1 Å². The van der Waals surface area contributed by atoms with E-state index in [0.29, 0.717) is 22.2 Å². The molecule has 0 aliphatic carbocycles. The molecule has 0 saturated heterocycles. The smallest absolute Gasteiger partial charge is 0.259 e. The van der Waals surface area contributed by atoms with Crippen LogP contribution in [-0.4, -0.2) is 41.5 Å².